The summed E-state index contributed by atoms with van der Waals surface area (Å²) in [5, 5.41) is 10.8. The van der Waals surface area contributed by atoms with E-state index >= 15 is 0 Å². The molecule has 1 N–H and O–H groups in total. The van der Waals surface area contributed by atoms with Crippen LogP contribution in [-0.4, -0.2) is 34.7 Å². The molecule has 20 heavy (non-hydrogen) atoms. The highest BCUT2D eigenvalue weighted by atomic mass is 79.9. The summed E-state index contributed by atoms with van der Waals surface area (Å²) < 4.78 is 14.7. The molecule has 0 bridgehead atoms. The Kier molecular flexibility index (Phi) is 5.21. The summed E-state index contributed by atoms with van der Waals surface area (Å²) in [7, 11) is 0. The Hall–Kier alpha value is -0.450. The van der Waals surface area contributed by atoms with E-state index in [1.165, 1.54) is 6.07 Å². The third-order valence-corrected chi connectivity index (χ3v) is 4.71. The first kappa shape index (κ1) is 15.9. The van der Waals surface area contributed by atoms with Gasteiger partial charge in [0.2, 0.25) is 0 Å². The zero-order chi connectivity index (χ0) is 14.8. The van der Waals surface area contributed by atoms with Crippen molar-refractivity contribution in [1.82, 2.24) is 4.90 Å². The standard InChI is InChI=1S/C16H23BrFNO/c1-12(2)19-8-3-6-16(20,7-9-19)11-13-4-5-14(17)10-15(13)18/h4-5,10,12,20H,3,6-9,11H2,1-2H3. The molecular formula is C16H23BrFNO. The van der Waals surface area contributed by atoms with Crippen LogP contribution >= 0.6 is 15.9 Å². The Balaban J connectivity index is 2.07. The number of hydrogen-bond acceptors (Lipinski definition) is 2. The molecule has 1 aliphatic heterocycles. The number of hydrogen-bond donors (Lipinski definition) is 1. The van der Waals surface area contributed by atoms with E-state index in [0.717, 1.165) is 30.4 Å². The van der Waals surface area contributed by atoms with Gasteiger partial charge >= 0.3 is 0 Å². The maximum atomic E-state index is 13.9. The van der Waals surface area contributed by atoms with Crippen molar-refractivity contribution in [2.24, 2.45) is 0 Å². The highest BCUT2D eigenvalue weighted by Gasteiger charge is 2.31. The second-order valence-electron chi connectivity index (χ2n) is 6.12. The summed E-state index contributed by atoms with van der Waals surface area (Å²) in [5.74, 6) is -0.238. The fraction of sp³-hybridized carbons (Fsp3) is 0.625. The van der Waals surface area contributed by atoms with E-state index < -0.39 is 5.60 Å². The Morgan fingerprint density at radius 3 is 2.75 bits per heavy atom. The minimum absolute atomic E-state index is 0.238. The number of benzene rings is 1. The minimum Gasteiger partial charge on any atom is -0.389 e. The van der Waals surface area contributed by atoms with Crippen LogP contribution in [0.4, 0.5) is 4.39 Å². The van der Waals surface area contributed by atoms with Gasteiger partial charge < -0.3 is 10.0 Å². The van der Waals surface area contributed by atoms with Gasteiger partial charge in [0.1, 0.15) is 5.82 Å². The molecule has 0 aliphatic carbocycles. The molecule has 1 heterocycles. The predicted octanol–water partition coefficient (Wildman–Crippen LogP) is 3.76. The largest absolute Gasteiger partial charge is 0.389 e. The Labute approximate surface area is 129 Å². The summed E-state index contributed by atoms with van der Waals surface area (Å²) in [6.07, 6.45) is 2.82. The molecule has 1 aliphatic rings. The lowest BCUT2D eigenvalue weighted by atomic mass is 9.87. The first-order chi connectivity index (χ1) is 9.39. The second-order valence-corrected chi connectivity index (χ2v) is 7.04. The second kappa shape index (κ2) is 6.54. The molecule has 112 valence electrons. The van der Waals surface area contributed by atoms with Crippen LogP contribution in [-0.2, 0) is 6.42 Å². The van der Waals surface area contributed by atoms with Crippen molar-refractivity contribution in [3.8, 4) is 0 Å². The third kappa shape index (κ3) is 4.03. The Morgan fingerprint density at radius 2 is 2.10 bits per heavy atom. The average Bonchev–Trinajstić information content (AvgIpc) is 2.55. The highest BCUT2D eigenvalue weighted by molar-refractivity contribution is 9.10. The van der Waals surface area contributed by atoms with Crippen molar-refractivity contribution in [3.05, 3.63) is 34.1 Å². The monoisotopic (exact) mass is 343 g/mol. The van der Waals surface area contributed by atoms with E-state index in [1.54, 1.807) is 6.07 Å². The Bertz CT molecular complexity index is 466. The lowest BCUT2D eigenvalue weighted by Crippen LogP contribution is -2.35. The normalized spacial score (nSPS) is 24.9. The molecule has 0 spiro atoms. The number of aliphatic hydroxyl groups is 1. The van der Waals surface area contributed by atoms with Crippen LogP contribution in [0.5, 0.6) is 0 Å². The molecule has 1 aromatic rings. The zero-order valence-electron chi connectivity index (χ0n) is 12.2. The van der Waals surface area contributed by atoms with Crippen LogP contribution in [0.2, 0.25) is 0 Å². The van der Waals surface area contributed by atoms with Crippen molar-refractivity contribution < 1.29 is 9.50 Å². The van der Waals surface area contributed by atoms with E-state index in [4.69, 9.17) is 0 Å². The number of halogens is 2. The number of likely N-dealkylation sites (tertiary alicyclic amines) is 1. The van der Waals surface area contributed by atoms with E-state index in [-0.39, 0.29) is 5.82 Å². The van der Waals surface area contributed by atoms with Crippen molar-refractivity contribution in [2.75, 3.05) is 13.1 Å². The molecule has 1 atom stereocenters. The molecule has 0 aromatic heterocycles. The average molecular weight is 344 g/mol. The van der Waals surface area contributed by atoms with E-state index in [9.17, 15) is 9.50 Å². The summed E-state index contributed by atoms with van der Waals surface area (Å²) in [6, 6.07) is 5.57. The van der Waals surface area contributed by atoms with Crippen molar-refractivity contribution in [2.45, 2.75) is 51.2 Å². The minimum atomic E-state index is -0.779. The molecule has 2 rings (SSSR count). The van der Waals surface area contributed by atoms with Gasteiger partial charge in [0.25, 0.3) is 0 Å². The lowest BCUT2D eigenvalue weighted by molar-refractivity contribution is 0.0241. The number of nitrogens with zero attached hydrogens (tertiary/aromatic N) is 1. The summed E-state index contributed by atoms with van der Waals surface area (Å²) in [5.41, 5.74) is -0.174. The van der Waals surface area contributed by atoms with Crippen LogP contribution in [0.1, 0.15) is 38.7 Å². The van der Waals surface area contributed by atoms with Gasteiger partial charge in [0.05, 0.1) is 5.60 Å². The topological polar surface area (TPSA) is 23.5 Å². The SMILES string of the molecule is CC(C)N1CCCC(O)(Cc2ccc(Br)cc2F)CC1. The van der Waals surface area contributed by atoms with Gasteiger partial charge in [-0.3, -0.25) is 0 Å². The van der Waals surface area contributed by atoms with E-state index in [1.807, 2.05) is 6.07 Å². The van der Waals surface area contributed by atoms with Crippen molar-refractivity contribution in [3.63, 3.8) is 0 Å². The molecule has 0 radical (unpaired) electrons. The van der Waals surface area contributed by atoms with Crippen LogP contribution in [0.3, 0.4) is 0 Å². The van der Waals surface area contributed by atoms with Gasteiger partial charge in [-0.15, -0.1) is 0 Å². The third-order valence-electron chi connectivity index (χ3n) is 4.22. The van der Waals surface area contributed by atoms with Crippen LogP contribution in [0, 0.1) is 5.82 Å². The molecule has 0 amide bonds. The molecular weight excluding hydrogens is 321 g/mol. The zero-order valence-corrected chi connectivity index (χ0v) is 13.8. The molecule has 1 fully saturated rings. The predicted molar refractivity (Wildman–Crippen MR) is 83.3 cm³/mol. The van der Waals surface area contributed by atoms with Gasteiger partial charge in [-0.05, 0) is 57.4 Å². The maximum Gasteiger partial charge on any atom is 0.127 e. The molecule has 2 nitrogen and oxygen atoms in total. The molecule has 1 unspecified atom stereocenters. The van der Waals surface area contributed by atoms with Crippen molar-refractivity contribution in [1.29, 1.82) is 0 Å². The first-order valence-electron chi connectivity index (χ1n) is 7.30. The summed E-state index contributed by atoms with van der Waals surface area (Å²) >= 11 is 3.26. The molecule has 4 heteroatoms. The first-order valence-corrected chi connectivity index (χ1v) is 8.09. The van der Waals surface area contributed by atoms with Gasteiger partial charge in [-0.1, -0.05) is 22.0 Å². The van der Waals surface area contributed by atoms with Crippen LogP contribution in [0.25, 0.3) is 0 Å². The van der Waals surface area contributed by atoms with Crippen LogP contribution < -0.4 is 0 Å². The lowest BCUT2D eigenvalue weighted by Gasteiger charge is -2.28. The molecule has 1 saturated heterocycles. The van der Waals surface area contributed by atoms with Gasteiger partial charge in [0, 0.05) is 23.5 Å². The smallest absolute Gasteiger partial charge is 0.127 e. The van der Waals surface area contributed by atoms with E-state index in [2.05, 4.69) is 34.7 Å². The van der Waals surface area contributed by atoms with Gasteiger partial charge in [-0.2, -0.15) is 0 Å². The Morgan fingerprint density at radius 1 is 1.35 bits per heavy atom. The number of rotatable bonds is 3. The van der Waals surface area contributed by atoms with Gasteiger partial charge in [0.15, 0.2) is 0 Å². The summed E-state index contributed by atoms with van der Waals surface area (Å²) in [6.45, 7) is 6.26. The fourth-order valence-electron chi connectivity index (χ4n) is 2.91. The van der Waals surface area contributed by atoms with Gasteiger partial charge in [-0.25, -0.2) is 4.39 Å². The highest BCUT2D eigenvalue weighted by Crippen LogP contribution is 2.28. The summed E-state index contributed by atoms with van der Waals surface area (Å²) in [4.78, 5) is 2.38. The maximum absolute atomic E-state index is 13.9. The molecule has 1 aromatic carbocycles. The van der Waals surface area contributed by atoms with Crippen molar-refractivity contribution >= 4 is 15.9 Å². The van der Waals surface area contributed by atoms with Crippen LogP contribution in [0.15, 0.2) is 22.7 Å². The quantitative estimate of drug-likeness (QED) is 0.903. The fourth-order valence-corrected chi connectivity index (χ4v) is 3.25. The van der Waals surface area contributed by atoms with E-state index in [0.29, 0.717) is 24.4 Å². The molecule has 0 saturated carbocycles.